The van der Waals surface area contributed by atoms with Crippen LogP contribution in [0.25, 0.3) is 0 Å². The molecule has 17 heavy (non-hydrogen) atoms. The van der Waals surface area contributed by atoms with Crippen molar-refractivity contribution in [3.05, 3.63) is 24.2 Å². The summed E-state index contributed by atoms with van der Waals surface area (Å²) in [4.78, 5) is 4.78. The molecule has 0 amide bonds. The normalized spacial score (nSPS) is 27.5. The molecule has 1 fully saturated rings. The molecule has 0 bridgehead atoms. The minimum atomic E-state index is 0.262. The molecular formula is C13H22N2O2. The molecule has 4 heteroatoms. The summed E-state index contributed by atoms with van der Waals surface area (Å²) in [5.41, 5.74) is 0. The summed E-state index contributed by atoms with van der Waals surface area (Å²) in [7, 11) is 2.14. The van der Waals surface area contributed by atoms with Crippen LogP contribution in [-0.4, -0.2) is 53.7 Å². The quantitative estimate of drug-likeness (QED) is 0.854. The molecule has 1 aromatic heterocycles. The Bertz CT molecular complexity index is 326. The molecule has 2 unspecified atom stereocenters. The van der Waals surface area contributed by atoms with Crippen molar-refractivity contribution in [1.82, 2.24) is 9.80 Å². The summed E-state index contributed by atoms with van der Waals surface area (Å²) in [6.45, 7) is 5.42. The lowest BCUT2D eigenvalue weighted by atomic mass is 10.1. The van der Waals surface area contributed by atoms with Gasteiger partial charge in [0.2, 0.25) is 0 Å². The van der Waals surface area contributed by atoms with Crippen LogP contribution in [0.4, 0.5) is 0 Å². The Kier molecular flexibility index (Phi) is 4.20. The first kappa shape index (κ1) is 12.6. The molecular weight excluding hydrogens is 216 g/mol. The van der Waals surface area contributed by atoms with Gasteiger partial charge in [-0.2, -0.15) is 0 Å². The van der Waals surface area contributed by atoms with Crippen LogP contribution in [0.15, 0.2) is 22.8 Å². The number of aliphatic hydroxyl groups excluding tert-OH is 1. The van der Waals surface area contributed by atoms with E-state index in [2.05, 4.69) is 23.8 Å². The van der Waals surface area contributed by atoms with Crippen LogP contribution in [0.1, 0.15) is 19.1 Å². The van der Waals surface area contributed by atoms with Gasteiger partial charge >= 0.3 is 0 Å². The molecule has 0 aromatic carbocycles. The minimum Gasteiger partial charge on any atom is -0.468 e. The Morgan fingerprint density at radius 1 is 1.47 bits per heavy atom. The van der Waals surface area contributed by atoms with E-state index in [-0.39, 0.29) is 6.61 Å². The number of nitrogens with zero attached hydrogens (tertiary/aromatic N) is 2. The van der Waals surface area contributed by atoms with E-state index in [0.717, 1.165) is 31.8 Å². The van der Waals surface area contributed by atoms with E-state index in [4.69, 9.17) is 9.52 Å². The van der Waals surface area contributed by atoms with Crippen LogP contribution >= 0.6 is 0 Å². The third-order valence-corrected chi connectivity index (χ3v) is 3.65. The summed E-state index contributed by atoms with van der Waals surface area (Å²) in [6, 6.07) is 4.93. The fourth-order valence-electron chi connectivity index (χ4n) is 2.56. The first-order valence-electron chi connectivity index (χ1n) is 6.28. The Morgan fingerprint density at radius 3 is 2.94 bits per heavy atom. The van der Waals surface area contributed by atoms with Crippen LogP contribution in [0.3, 0.4) is 0 Å². The number of hydrogen-bond acceptors (Lipinski definition) is 4. The van der Waals surface area contributed by atoms with Gasteiger partial charge in [-0.3, -0.25) is 4.90 Å². The second kappa shape index (κ2) is 5.67. The molecule has 1 N–H and O–H groups in total. The molecule has 96 valence electrons. The fourth-order valence-corrected chi connectivity index (χ4v) is 2.56. The van der Waals surface area contributed by atoms with Crippen molar-refractivity contribution in [2.45, 2.75) is 32.0 Å². The van der Waals surface area contributed by atoms with Crippen molar-refractivity contribution < 1.29 is 9.52 Å². The second-order valence-electron chi connectivity index (χ2n) is 4.96. The molecule has 4 nitrogen and oxygen atoms in total. The number of likely N-dealkylation sites (N-methyl/N-ethyl adjacent to an activating group) is 1. The zero-order valence-electron chi connectivity index (χ0n) is 10.7. The van der Waals surface area contributed by atoms with E-state index in [9.17, 15) is 0 Å². The maximum absolute atomic E-state index is 9.08. The third-order valence-electron chi connectivity index (χ3n) is 3.65. The first-order valence-corrected chi connectivity index (χ1v) is 6.28. The molecule has 2 atom stereocenters. The number of rotatable bonds is 4. The summed E-state index contributed by atoms with van der Waals surface area (Å²) >= 11 is 0. The van der Waals surface area contributed by atoms with E-state index in [0.29, 0.717) is 12.1 Å². The zero-order valence-corrected chi connectivity index (χ0v) is 10.7. The lowest BCUT2D eigenvalue weighted by Crippen LogP contribution is -2.55. The first-order chi connectivity index (χ1) is 8.20. The van der Waals surface area contributed by atoms with Crippen LogP contribution < -0.4 is 0 Å². The number of aliphatic hydroxyl groups is 1. The van der Waals surface area contributed by atoms with Crippen molar-refractivity contribution in [2.75, 3.05) is 26.7 Å². The maximum atomic E-state index is 9.08. The van der Waals surface area contributed by atoms with Crippen molar-refractivity contribution in [3.8, 4) is 0 Å². The number of furan rings is 1. The van der Waals surface area contributed by atoms with E-state index in [1.165, 1.54) is 0 Å². The van der Waals surface area contributed by atoms with Gasteiger partial charge in [0.15, 0.2) is 0 Å². The summed E-state index contributed by atoms with van der Waals surface area (Å²) in [6.07, 6.45) is 2.57. The number of piperazine rings is 1. The fraction of sp³-hybridized carbons (Fsp3) is 0.692. The standard InChI is InChI=1S/C13H22N2O2/c1-11-8-14(2)12(5-6-16)9-15(11)10-13-4-3-7-17-13/h3-4,7,11-12,16H,5-6,8-10H2,1-2H3. The molecule has 1 aliphatic heterocycles. The molecule has 2 rings (SSSR count). The van der Waals surface area contributed by atoms with Crippen LogP contribution in [0.2, 0.25) is 0 Å². The van der Waals surface area contributed by atoms with Crippen molar-refractivity contribution in [2.24, 2.45) is 0 Å². The molecule has 1 aliphatic rings. The predicted molar refractivity (Wildman–Crippen MR) is 66.7 cm³/mol. The van der Waals surface area contributed by atoms with E-state index < -0.39 is 0 Å². The highest BCUT2D eigenvalue weighted by atomic mass is 16.3. The SMILES string of the molecule is CC1CN(C)C(CCO)CN1Cc1ccco1. The summed E-state index contributed by atoms with van der Waals surface area (Å²) < 4.78 is 5.40. The van der Waals surface area contributed by atoms with Gasteiger partial charge < -0.3 is 14.4 Å². The predicted octanol–water partition coefficient (Wildman–Crippen LogP) is 1.17. The molecule has 0 aliphatic carbocycles. The monoisotopic (exact) mass is 238 g/mol. The van der Waals surface area contributed by atoms with Crippen LogP contribution in [0.5, 0.6) is 0 Å². The van der Waals surface area contributed by atoms with Gasteiger partial charge in [-0.15, -0.1) is 0 Å². The van der Waals surface area contributed by atoms with Gasteiger partial charge in [0, 0.05) is 31.8 Å². The maximum Gasteiger partial charge on any atom is 0.117 e. The van der Waals surface area contributed by atoms with Gasteiger partial charge in [-0.25, -0.2) is 0 Å². The van der Waals surface area contributed by atoms with Crippen LogP contribution in [-0.2, 0) is 6.54 Å². The highest BCUT2D eigenvalue weighted by molar-refractivity contribution is 4.99. The topological polar surface area (TPSA) is 39.9 Å². The number of hydrogen-bond donors (Lipinski definition) is 1. The van der Waals surface area contributed by atoms with Gasteiger partial charge in [0.05, 0.1) is 12.8 Å². The third kappa shape index (κ3) is 3.09. The Morgan fingerprint density at radius 2 is 2.29 bits per heavy atom. The summed E-state index contributed by atoms with van der Waals surface area (Å²) in [5.74, 6) is 1.02. The smallest absolute Gasteiger partial charge is 0.117 e. The van der Waals surface area contributed by atoms with Gasteiger partial charge in [-0.05, 0) is 32.5 Å². The van der Waals surface area contributed by atoms with Crippen molar-refractivity contribution in [3.63, 3.8) is 0 Å². The molecule has 1 aromatic rings. The van der Waals surface area contributed by atoms with Gasteiger partial charge in [0.25, 0.3) is 0 Å². The Hall–Kier alpha value is -0.840. The molecule has 0 radical (unpaired) electrons. The van der Waals surface area contributed by atoms with Gasteiger partial charge in [-0.1, -0.05) is 0 Å². The van der Waals surface area contributed by atoms with E-state index in [1.54, 1.807) is 6.26 Å². The largest absolute Gasteiger partial charge is 0.468 e. The molecule has 0 spiro atoms. The van der Waals surface area contributed by atoms with Gasteiger partial charge in [0.1, 0.15) is 5.76 Å². The van der Waals surface area contributed by atoms with Crippen LogP contribution in [0, 0.1) is 0 Å². The molecule has 0 saturated carbocycles. The average molecular weight is 238 g/mol. The Balaban J connectivity index is 1.96. The zero-order chi connectivity index (χ0) is 12.3. The lowest BCUT2D eigenvalue weighted by Gasteiger charge is -2.43. The highest BCUT2D eigenvalue weighted by Gasteiger charge is 2.29. The van der Waals surface area contributed by atoms with E-state index >= 15 is 0 Å². The summed E-state index contributed by atoms with van der Waals surface area (Å²) in [5, 5.41) is 9.08. The minimum absolute atomic E-state index is 0.262. The van der Waals surface area contributed by atoms with Crippen molar-refractivity contribution in [1.29, 1.82) is 0 Å². The molecule has 1 saturated heterocycles. The Labute approximate surface area is 103 Å². The molecule has 2 heterocycles. The highest BCUT2D eigenvalue weighted by Crippen LogP contribution is 2.18. The average Bonchev–Trinajstić information content (AvgIpc) is 2.78. The second-order valence-corrected chi connectivity index (χ2v) is 4.96. The van der Waals surface area contributed by atoms with Crippen molar-refractivity contribution >= 4 is 0 Å². The lowest BCUT2D eigenvalue weighted by molar-refractivity contribution is 0.0321. The van der Waals surface area contributed by atoms with E-state index in [1.807, 2.05) is 12.1 Å².